The Morgan fingerprint density at radius 3 is 1.80 bits per heavy atom. The van der Waals surface area contributed by atoms with Gasteiger partial charge in [0.2, 0.25) is 0 Å². The SMILES string of the molecule is CC1CC(N)(C(C)(C)C)C1. The van der Waals surface area contributed by atoms with Crippen molar-refractivity contribution in [2.75, 3.05) is 0 Å². The molecule has 10 heavy (non-hydrogen) atoms. The van der Waals surface area contributed by atoms with Gasteiger partial charge >= 0.3 is 0 Å². The van der Waals surface area contributed by atoms with E-state index in [1.807, 2.05) is 0 Å². The van der Waals surface area contributed by atoms with E-state index in [1.165, 1.54) is 12.8 Å². The van der Waals surface area contributed by atoms with Gasteiger partial charge in [-0.3, -0.25) is 0 Å². The van der Waals surface area contributed by atoms with Gasteiger partial charge in [0.05, 0.1) is 0 Å². The van der Waals surface area contributed by atoms with Gasteiger partial charge in [-0.15, -0.1) is 0 Å². The second kappa shape index (κ2) is 1.97. The quantitative estimate of drug-likeness (QED) is 0.549. The average molecular weight is 141 g/mol. The van der Waals surface area contributed by atoms with Crippen LogP contribution in [0, 0.1) is 11.3 Å². The molecule has 0 aromatic heterocycles. The highest BCUT2D eigenvalue weighted by Crippen LogP contribution is 2.46. The molecule has 1 aliphatic rings. The molecule has 0 bridgehead atoms. The second-order valence-corrected chi connectivity index (χ2v) is 4.92. The van der Waals surface area contributed by atoms with Gasteiger partial charge in [-0.2, -0.15) is 0 Å². The monoisotopic (exact) mass is 141 g/mol. The van der Waals surface area contributed by atoms with Crippen LogP contribution >= 0.6 is 0 Å². The minimum atomic E-state index is 0.131. The van der Waals surface area contributed by atoms with Crippen LogP contribution in [0.3, 0.4) is 0 Å². The first kappa shape index (κ1) is 8.06. The van der Waals surface area contributed by atoms with E-state index in [0.717, 1.165) is 5.92 Å². The molecule has 0 aromatic carbocycles. The lowest BCUT2D eigenvalue weighted by molar-refractivity contribution is 0.0459. The molecule has 0 aliphatic heterocycles. The summed E-state index contributed by atoms with van der Waals surface area (Å²) in [6.07, 6.45) is 2.41. The van der Waals surface area contributed by atoms with Crippen LogP contribution in [0.5, 0.6) is 0 Å². The third-order valence-electron chi connectivity index (χ3n) is 2.92. The molecule has 0 aromatic rings. The molecule has 1 fully saturated rings. The highest BCUT2D eigenvalue weighted by Gasteiger charge is 2.46. The summed E-state index contributed by atoms with van der Waals surface area (Å²) < 4.78 is 0. The molecule has 0 atom stereocenters. The minimum absolute atomic E-state index is 0.131. The fourth-order valence-corrected chi connectivity index (χ4v) is 1.80. The Balaban J connectivity index is 2.57. The molecule has 1 heteroatoms. The topological polar surface area (TPSA) is 26.0 Å². The van der Waals surface area contributed by atoms with Crippen molar-refractivity contribution in [3.8, 4) is 0 Å². The Labute approximate surface area is 64.0 Å². The second-order valence-electron chi connectivity index (χ2n) is 4.92. The maximum absolute atomic E-state index is 6.17. The molecule has 0 spiro atoms. The zero-order valence-electron chi connectivity index (χ0n) is 7.57. The number of rotatable bonds is 0. The van der Waals surface area contributed by atoms with Crippen LogP contribution in [0.4, 0.5) is 0 Å². The third-order valence-corrected chi connectivity index (χ3v) is 2.92. The van der Waals surface area contributed by atoms with E-state index in [9.17, 15) is 0 Å². The zero-order chi connectivity index (χ0) is 7.99. The lowest BCUT2D eigenvalue weighted by atomic mass is 9.58. The third kappa shape index (κ3) is 1.07. The van der Waals surface area contributed by atoms with Crippen LogP contribution in [0.1, 0.15) is 40.5 Å². The normalized spacial score (nSPS) is 41.1. The molecule has 0 saturated heterocycles. The molecule has 60 valence electrons. The molecule has 0 radical (unpaired) electrons. The Morgan fingerprint density at radius 1 is 1.30 bits per heavy atom. The lowest BCUT2D eigenvalue weighted by Gasteiger charge is -2.52. The van der Waals surface area contributed by atoms with Gasteiger partial charge in [-0.1, -0.05) is 27.7 Å². The first-order chi connectivity index (χ1) is 4.35. The summed E-state index contributed by atoms with van der Waals surface area (Å²) in [5.74, 6) is 0.851. The molecule has 2 N–H and O–H groups in total. The predicted octanol–water partition coefficient (Wildman–Crippen LogP) is 2.16. The lowest BCUT2D eigenvalue weighted by Crippen LogP contribution is -2.59. The molecular weight excluding hydrogens is 122 g/mol. The first-order valence-corrected chi connectivity index (χ1v) is 4.14. The van der Waals surface area contributed by atoms with Crippen LogP contribution in [0.25, 0.3) is 0 Å². The van der Waals surface area contributed by atoms with Crippen molar-refractivity contribution in [2.24, 2.45) is 17.1 Å². The summed E-state index contributed by atoms with van der Waals surface area (Å²) >= 11 is 0. The van der Waals surface area contributed by atoms with Crippen LogP contribution in [0.15, 0.2) is 0 Å². The van der Waals surface area contributed by atoms with Crippen LogP contribution in [0.2, 0.25) is 0 Å². The van der Waals surface area contributed by atoms with Crippen molar-refractivity contribution in [1.29, 1.82) is 0 Å². The molecule has 0 unspecified atom stereocenters. The predicted molar refractivity (Wildman–Crippen MR) is 44.8 cm³/mol. The first-order valence-electron chi connectivity index (χ1n) is 4.14. The van der Waals surface area contributed by atoms with E-state index in [2.05, 4.69) is 27.7 Å². The van der Waals surface area contributed by atoms with Gasteiger partial charge in [-0.25, -0.2) is 0 Å². The van der Waals surface area contributed by atoms with Crippen molar-refractivity contribution < 1.29 is 0 Å². The van der Waals surface area contributed by atoms with Gasteiger partial charge in [0.15, 0.2) is 0 Å². The Bertz CT molecular complexity index is 126. The van der Waals surface area contributed by atoms with E-state index in [-0.39, 0.29) is 5.54 Å². The fraction of sp³-hybridized carbons (Fsp3) is 1.00. The van der Waals surface area contributed by atoms with E-state index < -0.39 is 0 Å². The summed E-state index contributed by atoms with van der Waals surface area (Å²) in [7, 11) is 0. The van der Waals surface area contributed by atoms with Gasteiger partial charge < -0.3 is 5.73 Å². The average Bonchev–Trinajstić information content (AvgIpc) is 1.58. The number of nitrogens with two attached hydrogens (primary N) is 1. The van der Waals surface area contributed by atoms with Gasteiger partial charge in [-0.05, 0) is 24.2 Å². The summed E-state index contributed by atoms with van der Waals surface area (Å²) in [6, 6.07) is 0. The maximum Gasteiger partial charge on any atom is 0.0208 e. The van der Waals surface area contributed by atoms with Crippen molar-refractivity contribution in [1.82, 2.24) is 0 Å². The molecular formula is C9H19N. The molecule has 0 heterocycles. The molecule has 1 rings (SSSR count). The Morgan fingerprint density at radius 2 is 1.70 bits per heavy atom. The largest absolute Gasteiger partial charge is 0.325 e. The van der Waals surface area contributed by atoms with Gasteiger partial charge in [0.1, 0.15) is 0 Å². The Hall–Kier alpha value is -0.0400. The van der Waals surface area contributed by atoms with Crippen molar-refractivity contribution in [3.05, 3.63) is 0 Å². The van der Waals surface area contributed by atoms with E-state index in [4.69, 9.17) is 5.73 Å². The van der Waals surface area contributed by atoms with Crippen LogP contribution < -0.4 is 5.73 Å². The summed E-state index contributed by atoms with van der Waals surface area (Å²) in [6.45, 7) is 8.98. The minimum Gasteiger partial charge on any atom is -0.325 e. The van der Waals surface area contributed by atoms with Crippen molar-refractivity contribution >= 4 is 0 Å². The fourth-order valence-electron chi connectivity index (χ4n) is 1.80. The van der Waals surface area contributed by atoms with Crippen LogP contribution in [-0.2, 0) is 0 Å². The van der Waals surface area contributed by atoms with Crippen molar-refractivity contribution in [3.63, 3.8) is 0 Å². The van der Waals surface area contributed by atoms with Crippen molar-refractivity contribution in [2.45, 2.75) is 46.1 Å². The zero-order valence-corrected chi connectivity index (χ0v) is 7.57. The highest BCUT2D eigenvalue weighted by atomic mass is 14.8. The molecule has 1 aliphatic carbocycles. The van der Waals surface area contributed by atoms with Gasteiger partial charge in [0.25, 0.3) is 0 Å². The number of hydrogen-bond donors (Lipinski definition) is 1. The molecule has 1 saturated carbocycles. The standard InChI is InChI=1S/C9H19N/c1-7-5-9(10,6-7)8(2,3)4/h7H,5-6,10H2,1-4H3. The number of hydrogen-bond acceptors (Lipinski definition) is 1. The van der Waals surface area contributed by atoms with Crippen LogP contribution in [-0.4, -0.2) is 5.54 Å². The van der Waals surface area contributed by atoms with E-state index in [0.29, 0.717) is 5.41 Å². The maximum atomic E-state index is 6.17. The smallest absolute Gasteiger partial charge is 0.0208 e. The van der Waals surface area contributed by atoms with E-state index in [1.54, 1.807) is 0 Å². The highest BCUT2D eigenvalue weighted by molar-refractivity contribution is 5.04. The summed E-state index contributed by atoms with van der Waals surface area (Å²) in [4.78, 5) is 0. The van der Waals surface area contributed by atoms with Gasteiger partial charge in [0, 0.05) is 5.54 Å². The van der Waals surface area contributed by atoms with E-state index >= 15 is 0 Å². The summed E-state index contributed by atoms with van der Waals surface area (Å²) in [5.41, 5.74) is 6.59. The molecule has 0 amide bonds. The summed E-state index contributed by atoms with van der Waals surface area (Å²) in [5, 5.41) is 0. The Kier molecular flexibility index (Phi) is 1.59. The molecule has 1 nitrogen and oxygen atoms in total.